The standard InChI is InChI=1S/C9H9ClN2O2S/c1-6-7(4-11)2-3-8(5-12)9(6)15(10,13)14/h2-3H,5,12H2,1H3. The average Bonchev–Trinajstić information content (AvgIpc) is 2.15. The summed E-state index contributed by atoms with van der Waals surface area (Å²) >= 11 is 0. The summed E-state index contributed by atoms with van der Waals surface area (Å²) < 4.78 is 22.6. The van der Waals surface area contributed by atoms with E-state index in [0.717, 1.165) is 0 Å². The number of hydrogen-bond acceptors (Lipinski definition) is 4. The molecule has 0 radical (unpaired) electrons. The molecule has 0 fully saturated rings. The Kier molecular flexibility index (Phi) is 3.35. The molecule has 0 bridgehead atoms. The highest BCUT2D eigenvalue weighted by Gasteiger charge is 2.19. The molecule has 0 saturated heterocycles. The zero-order valence-corrected chi connectivity index (χ0v) is 9.56. The smallest absolute Gasteiger partial charge is 0.261 e. The van der Waals surface area contributed by atoms with E-state index >= 15 is 0 Å². The number of halogens is 1. The van der Waals surface area contributed by atoms with E-state index in [9.17, 15) is 8.42 Å². The van der Waals surface area contributed by atoms with Gasteiger partial charge in [0.05, 0.1) is 16.5 Å². The van der Waals surface area contributed by atoms with Gasteiger partial charge in [-0.15, -0.1) is 0 Å². The van der Waals surface area contributed by atoms with E-state index < -0.39 is 9.05 Å². The third-order valence-corrected chi connectivity index (χ3v) is 3.59. The summed E-state index contributed by atoms with van der Waals surface area (Å²) in [5.74, 6) is 0. The van der Waals surface area contributed by atoms with Crippen LogP contribution >= 0.6 is 10.7 Å². The maximum Gasteiger partial charge on any atom is 0.261 e. The summed E-state index contributed by atoms with van der Waals surface area (Å²) in [4.78, 5) is -0.0503. The number of nitrogens with zero attached hydrogens (tertiary/aromatic N) is 1. The molecule has 0 heterocycles. The van der Waals surface area contributed by atoms with Crippen LogP contribution in [0.1, 0.15) is 16.7 Å². The van der Waals surface area contributed by atoms with Gasteiger partial charge in [-0.05, 0) is 24.1 Å². The van der Waals surface area contributed by atoms with Crippen LogP contribution in [0.25, 0.3) is 0 Å². The Morgan fingerprint density at radius 3 is 2.53 bits per heavy atom. The number of nitrogens with two attached hydrogens (primary N) is 1. The van der Waals surface area contributed by atoms with Crippen LogP contribution in [0.2, 0.25) is 0 Å². The minimum Gasteiger partial charge on any atom is -0.326 e. The fraction of sp³-hybridized carbons (Fsp3) is 0.222. The van der Waals surface area contributed by atoms with Gasteiger partial charge >= 0.3 is 0 Å². The molecule has 0 amide bonds. The Bertz CT molecular complexity index is 532. The van der Waals surface area contributed by atoms with E-state index in [4.69, 9.17) is 21.7 Å². The topological polar surface area (TPSA) is 83.9 Å². The van der Waals surface area contributed by atoms with Crippen LogP contribution < -0.4 is 5.73 Å². The fourth-order valence-corrected chi connectivity index (χ4v) is 2.95. The van der Waals surface area contributed by atoms with Crippen molar-refractivity contribution in [3.05, 3.63) is 28.8 Å². The van der Waals surface area contributed by atoms with Crippen molar-refractivity contribution in [1.82, 2.24) is 0 Å². The number of nitriles is 1. The van der Waals surface area contributed by atoms with Crippen molar-refractivity contribution >= 4 is 19.7 Å². The van der Waals surface area contributed by atoms with Crippen LogP contribution in [0, 0.1) is 18.3 Å². The molecule has 0 aliphatic rings. The van der Waals surface area contributed by atoms with Gasteiger partial charge < -0.3 is 5.73 Å². The monoisotopic (exact) mass is 244 g/mol. The fourth-order valence-electron chi connectivity index (χ4n) is 1.37. The molecule has 1 aromatic carbocycles. The summed E-state index contributed by atoms with van der Waals surface area (Å²) in [6.07, 6.45) is 0. The first-order valence-corrected chi connectivity index (χ1v) is 6.40. The second kappa shape index (κ2) is 4.19. The van der Waals surface area contributed by atoms with E-state index in [-0.39, 0.29) is 17.0 Å². The maximum absolute atomic E-state index is 11.3. The molecule has 0 atom stereocenters. The first-order valence-electron chi connectivity index (χ1n) is 4.09. The van der Waals surface area contributed by atoms with Crippen molar-refractivity contribution in [3.63, 3.8) is 0 Å². The lowest BCUT2D eigenvalue weighted by atomic mass is 10.1. The average molecular weight is 245 g/mol. The van der Waals surface area contributed by atoms with E-state index in [1.165, 1.54) is 19.1 Å². The van der Waals surface area contributed by atoms with Crippen molar-refractivity contribution in [2.75, 3.05) is 0 Å². The second-order valence-corrected chi connectivity index (χ2v) is 5.48. The summed E-state index contributed by atoms with van der Waals surface area (Å²) in [6, 6.07) is 4.93. The highest BCUT2D eigenvalue weighted by molar-refractivity contribution is 8.13. The predicted molar refractivity (Wildman–Crippen MR) is 56.8 cm³/mol. The van der Waals surface area contributed by atoms with Crippen LogP contribution in [-0.2, 0) is 15.6 Å². The van der Waals surface area contributed by atoms with Crippen molar-refractivity contribution in [1.29, 1.82) is 5.26 Å². The Labute approximate surface area is 92.7 Å². The van der Waals surface area contributed by atoms with Crippen LogP contribution in [-0.4, -0.2) is 8.42 Å². The molecule has 6 heteroatoms. The van der Waals surface area contributed by atoms with E-state index in [1.807, 2.05) is 6.07 Å². The largest absolute Gasteiger partial charge is 0.326 e. The van der Waals surface area contributed by atoms with Gasteiger partial charge in [-0.2, -0.15) is 5.26 Å². The number of rotatable bonds is 2. The van der Waals surface area contributed by atoms with Crippen LogP contribution in [0.3, 0.4) is 0 Å². The lowest BCUT2D eigenvalue weighted by Gasteiger charge is -2.08. The molecule has 2 N–H and O–H groups in total. The lowest BCUT2D eigenvalue weighted by molar-refractivity contribution is 0.608. The molecule has 80 valence electrons. The Morgan fingerprint density at radius 2 is 2.13 bits per heavy atom. The van der Waals surface area contributed by atoms with Crippen LogP contribution in [0.4, 0.5) is 0 Å². The summed E-state index contributed by atoms with van der Waals surface area (Å²) in [6.45, 7) is 1.60. The molecular formula is C9H9ClN2O2S. The second-order valence-electron chi connectivity index (χ2n) is 2.98. The van der Waals surface area contributed by atoms with Crippen molar-refractivity contribution < 1.29 is 8.42 Å². The first kappa shape index (κ1) is 12.0. The summed E-state index contributed by atoms with van der Waals surface area (Å²) in [7, 11) is 1.42. The van der Waals surface area contributed by atoms with Crippen LogP contribution in [0.15, 0.2) is 17.0 Å². The number of benzene rings is 1. The molecule has 0 aliphatic carbocycles. The highest BCUT2D eigenvalue weighted by Crippen LogP contribution is 2.26. The van der Waals surface area contributed by atoms with Gasteiger partial charge in [0.25, 0.3) is 9.05 Å². The van der Waals surface area contributed by atoms with E-state index in [1.54, 1.807) is 0 Å². The molecule has 15 heavy (non-hydrogen) atoms. The molecule has 1 aromatic rings. The third kappa shape index (κ3) is 2.29. The van der Waals surface area contributed by atoms with Gasteiger partial charge in [-0.1, -0.05) is 6.07 Å². The first-order chi connectivity index (χ1) is 6.91. The van der Waals surface area contributed by atoms with Crippen molar-refractivity contribution in [2.45, 2.75) is 18.4 Å². The Hall–Kier alpha value is -1.09. The highest BCUT2D eigenvalue weighted by atomic mass is 35.7. The zero-order chi connectivity index (χ0) is 11.6. The van der Waals surface area contributed by atoms with Gasteiger partial charge in [0.1, 0.15) is 0 Å². The predicted octanol–water partition coefficient (Wildman–Crippen LogP) is 1.25. The van der Waals surface area contributed by atoms with Gasteiger partial charge in [0.15, 0.2) is 0 Å². The SMILES string of the molecule is Cc1c(C#N)ccc(CN)c1S(=O)(=O)Cl. The zero-order valence-electron chi connectivity index (χ0n) is 7.99. The van der Waals surface area contributed by atoms with Crippen LogP contribution in [0.5, 0.6) is 0 Å². The Morgan fingerprint density at radius 1 is 1.53 bits per heavy atom. The summed E-state index contributed by atoms with van der Waals surface area (Å²) in [5, 5.41) is 8.75. The lowest BCUT2D eigenvalue weighted by Crippen LogP contribution is -2.07. The van der Waals surface area contributed by atoms with Crippen molar-refractivity contribution in [2.24, 2.45) is 5.73 Å². The van der Waals surface area contributed by atoms with E-state index in [2.05, 4.69) is 0 Å². The summed E-state index contributed by atoms with van der Waals surface area (Å²) in [5.41, 5.74) is 6.45. The van der Waals surface area contributed by atoms with Gasteiger partial charge in [0, 0.05) is 17.2 Å². The van der Waals surface area contributed by atoms with Gasteiger partial charge in [-0.25, -0.2) is 8.42 Å². The molecule has 0 spiro atoms. The minimum absolute atomic E-state index is 0.0503. The molecule has 0 unspecified atom stereocenters. The third-order valence-electron chi connectivity index (χ3n) is 2.07. The molecule has 0 aromatic heterocycles. The van der Waals surface area contributed by atoms with Gasteiger partial charge in [-0.3, -0.25) is 0 Å². The molecule has 1 rings (SSSR count). The maximum atomic E-state index is 11.3. The van der Waals surface area contributed by atoms with Crippen molar-refractivity contribution in [3.8, 4) is 6.07 Å². The van der Waals surface area contributed by atoms with Gasteiger partial charge in [0.2, 0.25) is 0 Å². The molecule has 4 nitrogen and oxygen atoms in total. The Balaban J connectivity index is 3.67. The quantitative estimate of drug-likeness (QED) is 0.794. The van der Waals surface area contributed by atoms with E-state index in [0.29, 0.717) is 11.1 Å². The normalized spacial score (nSPS) is 11.1. The molecule has 0 aliphatic heterocycles. The molecule has 0 saturated carbocycles. The molecular weight excluding hydrogens is 236 g/mol. The number of hydrogen-bond donors (Lipinski definition) is 1. The minimum atomic E-state index is -3.87.